The standard InChI is InChI=1S/C34H47N5O8S/c1-22-19-39(23(2)21-40)33(41)29-18-27(35-34(42)36-32-25(4)37-47-26(32)5)15-16-30(29)46-24(3)12-10-11-17-45-31(22)20-38(6)48(43,44)28-13-8-7-9-14-28/h7-9,13-16,18,22-24,31,40H,10-12,17,19-21H2,1-6H3,(H2,35,36,42)/t22-,23-,24-,31-/m1/s1. The third-order valence-corrected chi connectivity index (χ3v) is 10.3. The van der Waals surface area contributed by atoms with Crippen molar-refractivity contribution in [2.24, 2.45) is 5.92 Å². The summed E-state index contributed by atoms with van der Waals surface area (Å²) >= 11 is 0. The highest BCUT2D eigenvalue weighted by Crippen LogP contribution is 2.29. The Morgan fingerprint density at radius 1 is 1.12 bits per heavy atom. The van der Waals surface area contributed by atoms with Gasteiger partial charge >= 0.3 is 6.03 Å². The molecule has 48 heavy (non-hydrogen) atoms. The molecule has 1 aromatic heterocycles. The molecular formula is C34H47N5O8S. The van der Waals surface area contributed by atoms with Crippen LogP contribution in [0, 0.1) is 19.8 Å². The first-order valence-electron chi connectivity index (χ1n) is 16.2. The van der Waals surface area contributed by atoms with E-state index in [2.05, 4.69) is 15.8 Å². The summed E-state index contributed by atoms with van der Waals surface area (Å²) in [6.45, 7) is 9.28. The number of aryl methyl sites for hydroxylation is 2. The number of carbonyl (C=O) groups is 2. The number of sulfonamides is 1. The summed E-state index contributed by atoms with van der Waals surface area (Å²) in [6.07, 6.45) is 1.43. The summed E-state index contributed by atoms with van der Waals surface area (Å²) in [6, 6.07) is 11.9. The second-order valence-corrected chi connectivity index (χ2v) is 14.4. The molecule has 0 saturated heterocycles. The third kappa shape index (κ3) is 9.13. The molecule has 4 atom stereocenters. The number of fused-ring (bicyclic) bond motifs is 1. The summed E-state index contributed by atoms with van der Waals surface area (Å²) < 4.78 is 45.7. The van der Waals surface area contributed by atoms with Gasteiger partial charge in [-0.2, -0.15) is 4.31 Å². The van der Waals surface area contributed by atoms with Crippen LogP contribution in [0.5, 0.6) is 5.75 Å². The van der Waals surface area contributed by atoms with E-state index in [1.165, 1.54) is 11.4 Å². The van der Waals surface area contributed by atoms with Gasteiger partial charge in [-0.1, -0.05) is 30.3 Å². The predicted molar refractivity (Wildman–Crippen MR) is 182 cm³/mol. The third-order valence-electron chi connectivity index (χ3n) is 8.47. The first-order chi connectivity index (χ1) is 22.8. The van der Waals surface area contributed by atoms with Crippen molar-refractivity contribution in [3.8, 4) is 5.75 Å². The summed E-state index contributed by atoms with van der Waals surface area (Å²) in [5.41, 5.74) is 1.54. The Hall–Kier alpha value is -3.98. The number of likely N-dealkylation sites (N-methyl/N-ethyl adjacent to an activating group) is 1. The van der Waals surface area contributed by atoms with Crippen molar-refractivity contribution in [1.82, 2.24) is 14.4 Å². The van der Waals surface area contributed by atoms with Crippen LogP contribution in [0.25, 0.3) is 0 Å². The maximum absolute atomic E-state index is 14.4. The zero-order valence-electron chi connectivity index (χ0n) is 28.4. The first kappa shape index (κ1) is 36.8. The fourth-order valence-corrected chi connectivity index (χ4v) is 6.73. The van der Waals surface area contributed by atoms with E-state index in [1.807, 2.05) is 13.8 Å². The van der Waals surface area contributed by atoms with Gasteiger partial charge in [0.25, 0.3) is 5.91 Å². The molecule has 0 spiro atoms. The number of amides is 3. The quantitative estimate of drug-likeness (QED) is 0.294. The van der Waals surface area contributed by atoms with E-state index < -0.39 is 34.1 Å². The number of hydrogen-bond donors (Lipinski definition) is 3. The number of aliphatic hydroxyl groups is 1. The first-order valence-corrected chi connectivity index (χ1v) is 17.6. The van der Waals surface area contributed by atoms with Crippen molar-refractivity contribution in [1.29, 1.82) is 0 Å². The molecule has 3 amide bonds. The molecule has 0 unspecified atom stereocenters. The van der Waals surface area contributed by atoms with Crippen LogP contribution in [0.4, 0.5) is 16.2 Å². The molecule has 0 saturated carbocycles. The van der Waals surface area contributed by atoms with Crippen LogP contribution in [0.3, 0.4) is 0 Å². The summed E-state index contributed by atoms with van der Waals surface area (Å²) in [5, 5.41) is 19.6. The minimum Gasteiger partial charge on any atom is -0.490 e. The number of aliphatic hydroxyl groups excluding tert-OH is 1. The Bertz CT molecular complexity index is 1630. The van der Waals surface area contributed by atoms with Gasteiger partial charge in [-0.05, 0) is 77.3 Å². The van der Waals surface area contributed by atoms with Crippen LogP contribution in [-0.2, 0) is 14.8 Å². The second-order valence-electron chi connectivity index (χ2n) is 12.4. The molecule has 1 aliphatic rings. The van der Waals surface area contributed by atoms with Crippen LogP contribution >= 0.6 is 0 Å². The minimum atomic E-state index is -3.78. The lowest BCUT2D eigenvalue weighted by atomic mass is 10.0. The number of nitrogens with zero attached hydrogens (tertiary/aromatic N) is 3. The number of aromatic nitrogens is 1. The Kier molecular flexibility index (Phi) is 12.6. The van der Waals surface area contributed by atoms with Crippen molar-refractivity contribution < 1.29 is 37.1 Å². The largest absolute Gasteiger partial charge is 0.490 e. The summed E-state index contributed by atoms with van der Waals surface area (Å²) in [5.74, 6) is 0.0648. The van der Waals surface area contributed by atoms with E-state index in [4.69, 9.17) is 14.0 Å². The number of carbonyl (C=O) groups excluding carboxylic acids is 2. The van der Waals surface area contributed by atoms with Gasteiger partial charge in [0, 0.05) is 38.3 Å². The number of ether oxygens (including phenoxy) is 2. The Balaban J connectivity index is 1.63. The molecule has 2 heterocycles. The Labute approximate surface area is 282 Å². The van der Waals surface area contributed by atoms with Gasteiger partial charge in [-0.15, -0.1) is 0 Å². The predicted octanol–water partition coefficient (Wildman–Crippen LogP) is 5.05. The summed E-state index contributed by atoms with van der Waals surface area (Å²) in [4.78, 5) is 29.0. The van der Waals surface area contributed by atoms with E-state index >= 15 is 0 Å². The van der Waals surface area contributed by atoms with E-state index in [-0.39, 0.29) is 42.2 Å². The van der Waals surface area contributed by atoms with Gasteiger partial charge in [0.2, 0.25) is 10.0 Å². The highest BCUT2D eigenvalue weighted by atomic mass is 32.2. The molecule has 0 radical (unpaired) electrons. The van der Waals surface area contributed by atoms with Gasteiger partial charge in [-0.3, -0.25) is 4.79 Å². The lowest BCUT2D eigenvalue weighted by molar-refractivity contribution is -0.00833. The molecule has 3 aromatic rings. The van der Waals surface area contributed by atoms with Crippen molar-refractivity contribution in [3.05, 3.63) is 65.5 Å². The number of rotatable bonds is 8. The Morgan fingerprint density at radius 3 is 2.52 bits per heavy atom. The molecule has 2 aromatic carbocycles. The number of nitrogens with one attached hydrogen (secondary N) is 2. The molecule has 14 heteroatoms. The van der Waals surface area contributed by atoms with Crippen LogP contribution in [0.2, 0.25) is 0 Å². The zero-order chi connectivity index (χ0) is 35.0. The minimum absolute atomic E-state index is 0.0678. The number of anilines is 2. The Morgan fingerprint density at radius 2 is 1.85 bits per heavy atom. The van der Waals surface area contributed by atoms with E-state index in [0.717, 1.165) is 12.8 Å². The maximum Gasteiger partial charge on any atom is 0.323 e. The van der Waals surface area contributed by atoms with Gasteiger partial charge in [-0.25, -0.2) is 13.2 Å². The molecule has 13 nitrogen and oxygen atoms in total. The van der Waals surface area contributed by atoms with Crippen molar-refractivity contribution in [2.45, 2.75) is 77.0 Å². The van der Waals surface area contributed by atoms with Crippen LogP contribution in [0.15, 0.2) is 57.9 Å². The lowest BCUT2D eigenvalue weighted by Gasteiger charge is -2.35. The molecular weight excluding hydrogens is 638 g/mol. The van der Waals surface area contributed by atoms with E-state index in [9.17, 15) is 23.1 Å². The molecule has 3 N–H and O–H groups in total. The molecule has 1 aliphatic heterocycles. The smallest absolute Gasteiger partial charge is 0.323 e. The SMILES string of the molecule is Cc1noc(C)c1NC(=O)Nc1ccc2c(c1)C(=O)N([C@H](C)CO)C[C@@H](C)[C@@H](CN(C)S(=O)(=O)c1ccccc1)OCCCC[C@@H](C)O2. The molecule has 0 fully saturated rings. The molecule has 0 aliphatic carbocycles. The fourth-order valence-electron chi connectivity index (χ4n) is 5.52. The van der Waals surface area contributed by atoms with Crippen molar-refractivity contribution >= 4 is 33.3 Å². The highest BCUT2D eigenvalue weighted by Gasteiger charge is 2.32. The maximum atomic E-state index is 14.4. The van der Waals surface area contributed by atoms with Gasteiger partial charge < -0.3 is 34.6 Å². The molecule has 262 valence electrons. The average molecular weight is 686 g/mol. The normalized spacial score (nSPS) is 20.4. The average Bonchev–Trinajstić information content (AvgIpc) is 3.38. The fraction of sp³-hybridized carbons (Fsp3) is 0.500. The second kappa shape index (κ2) is 16.4. The monoisotopic (exact) mass is 685 g/mol. The van der Waals surface area contributed by atoms with Crippen LogP contribution in [-0.4, -0.2) is 91.4 Å². The van der Waals surface area contributed by atoms with Gasteiger partial charge in [0.15, 0.2) is 5.76 Å². The van der Waals surface area contributed by atoms with Gasteiger partial charge in [0.05, 0.1) is 35.3 Å². The number of hydrogen-bond acceptors (Lipinski definition) is 9. The van der Waals surface area contributed by atoms with Crippen LogP contribution in [0.1, 0.15) is 61.8 Å². The van der Waals surface area contributed by atoms with E-state index in [0.29, 0.717) is 41.6 Å². The van der Waals surface area contributed by atoms with Crippen LogP contribution < -0.4 is 15.4 Å². The summed E-state index contributed by atoms with van der Waals surface area (Å²) in [7, 11) is -2.26. The topological polar surface area (TPSA) is 164 Å². The van der Waals surface area contributed by atoms with Crippen molar-refractivity contribution in [2.75, 3.05) is 44.0 Å². The number of urea groups is 1. The molecule has 4 rings (SSSR count). The van der Waals surface area contributed by atoms with Gasteiger partial charge in [0.1, 0.15) is 17.1 Å². The number of benzene rings is 2. The zero-order valence-corrected chi connectivity index (χ0v) is 29.2. The van der Waals surface area contributed by atoms with E-state index in [1.54, 1.807) is 74.2 Å². The molecule has 0 bridgehead atoms. The van der Waals surface area contributed by atoms with Crippen molar-refractivity contribution in [3.63, 3.8) is 0 Å². The highest BCUT2D eigenvalue weighted by molar-refractivity contribution is 7.89. The lowest BCUT2D eigenvalue weighted by Crippen LogP contribution is -2.48.